The molecular formula is C15H21NO4S. The molecule has 0 N–H and O–H groups in total. The van der Waals surface area contributed by atoms with E-state index in [1.54, 1.807) is 7.05 Å². The lowest BCUT2D eigenvalue weighted by atomic mass is 10.1. The number of hydrogen-bond acceptors (Lipinski definition) is 4. The maximum Gasteiger partial charge on any atom is 0.260 e. The lowest BCUT2D eigenvalue weighted by Crippen LogP contribution is -2.40. The van der Waals surface area contributed by atoms with Crippen molar-refractivity contribution in [1.29, 1.82) is 0 Å². The quantitative estimate of drug-likeness (QED) is 0.821. The van der Waals surface area contributed by atoms with Gasteiger partial charge < -0.3 is 9.64 Å². The number of hydrogen-bond donors (Lipinski definition) is 0. The second-order valence-corrected chi connectivity index (χ2v) is 7.54. The van der Waals surface area contributed by atoms with Gasteiger partial charge in [-0.3, -0.25) is 4.79 Å². The van der Waals surface area contributed by atoms with Gasteiger partial charge in [0.1, 0.15) is 5.75 Å². The number of likely N-dealkylation sites (N-methyl/N-ethyl adjacent to an activating group) is 1. The number of ether oxygens (including phenoxy) is 1. The van der Waals surface area contributed by atoms with E-state index in [0.717, 1.165) is 12.0 Å². The molecule has 21 heavy (non-hydrogen) atoms. The maximum atomic E-state index is 12.1. The highest BCUT2D eigenvalue weighted by atomic mass is 32.2. The molecule has 1 aliphatic heterocycles. The van der Waals surface area contributed by atoms with Gasteiger partial charge in [-0.05, 0) is 24.5 Å². The fourth-order valence-electron chi connectivity index (χ4n) is 2.46. The third-order valence-corrected chi connectivity index (χ3v) is 5.60. The van der Waals surface area contributed by atoms with E-state index in [4.69, 9.17) is 4.74 Å². The van der Waals surface area contributed by atoms with E-state index in [1.807, 2.05) is 31.2 Å². The molecule has 1 aromatic carbocycles. The van der Waals surface area contributed by atoms with E-state index in [2.05, 4.69) is 0 Å². The molecule has 0 aromatic heterocycles. The topological polar surface area (TPSA) is 63.7 Å². The predicted molar refractivity (Wildman–Crippen MR) is 81.1 cm³/mol. The van der Waals surface area contributed by atoms with Crippen LogP contribution in [0.4, 0.5) is 0 Å². The highest BCUT2D eigenvalue weighted by molar-refractivity contribution is 7.91. The molecule has 1 aromatic rings. The summed E-state index contributed by atoms with van der Waals surface area (Å²) in [6, 6.07) is 7.38. The van der Waals surface area contributed by atoms with Gasteiger partial charge in [0.15, 0.2) is 16.4 Å². The molecule has 1 heterocycles. The Kier molecular flexibility index (Phi) is 4.88. The van der Waals surface area contributed by atoms with Crippen LogP contribution in [0.3, 0.4) is 0 Å². The second-order valence-electron chi connectivity index (χ2n) is 5.31. The van der Waals surface area contributed by atoms with Crippen LogP contribution in [0.2, 0.25) is 0 Å². The van der Waals surface area contributed by atoms with Gasteiger partial charge >= 0.3 is 0 Å². The van der Waals surface area contributed by atoms with Crippen molar-refractivity contribution in [3.63, 3.8) is 0 Å². The monoisotopic (exact) mass is 311 g/mol. The number of benzene rings is 1. The van der Waals surface area contributed by atoms with Crippen LogP contribution in [-0.2, 0) is 21.1 Å². The highest BCUT2D eigenvalue weighted by Crippen LogP contribution is 2.19. The molecule has 1 atom stereocenters. The zero-order valence-electron chi connectivity index (χ0n) is 12.4. The number of para-hydroxylation sites is 1. The zero-order chi connectivity index (χ0) is 15.5. The molecule has 1 saturated heterocycles. The van der Waals surface area contributed by atoms with Crippen molar-refractivity contribution in [3.05, 3.63) is 29.8 Å². The zero-order valence-corrected chi connectivity index (χ0v) is 13.2. The third kappa shape index (κ3) is 3.97. The highest BCUT2D eigenvalue weighted by Gasteiger charge is 2.32. The van der Waals surface area contributed by atoms with Crippen molar-refractivity contribution in [3.8, 4) is 5.75 Å². The van der Waals surface area contributed by atoms with E-state index in [-0.39, 0.29) is 30.1 Å². The van der Waals surface area contributed by atoms with E-state index in [0.29, 0.717) is 12.2 Å². The molecule has 1 amide bonds. The molecule has 0 radical (unpaired) electrons. The van der Waals surface area contributed by atoms with Crippen LogP contribution in [0.15, 0.2) is 24.3 Å². The number of sulfone groups is 1. The summed E-state index contributed by atoms with van der Waals surface area (Å²) in [6.45, 7) is 1.96. The summed E-state index contributed by atoms with van der Waals surface area (Å²) in [7, 11) is -1.34. The van der Waals surface area contributed by atoms with Crippen LogP contribution in [0.1, 0.15) is 18.9 Å². The van der Waals surface area contributed by atoms with Crippen molar-refractivity contribution < 1.29 is 17.9 Å². The van der Waals surface area contributed by atoms with E-state index in [1.165, 1.54) is 4.90 Å². The van der Waals surface area contributed by atoms with Crippen LogP contribution in [-0.4, -0.2) is 50.4 Å². The van der Waals surface area contributed by atoms with Crippen LogP contribution < -0.4 is 4.74 Å². The molecule has 116 valence electrons. The first-order chi connectivity index (χ1) is 9.93. The smallest absolute Gasteiger partial charge is 0.260 e. The fourth-order valence-corrected chi connectivity index (χ4v) is 4.24. The van der Waals surface area contributed by atoms with E-state index >= 15 is 0 Å². The largest absolute Gasteiger partial charge is 0.483 e. The summed E-state index contributed by atoms with van der Waals surface area (Å²) in [4.78, 5) is 13.6. The van der Waals surface area contributed by atoms with Crippen molar-refractivity contribution in [2.24, 2.45) is 0 Å². The van der Waals surface area contributed by atoms with Crippen LogP contribution in [0, 0.1) is 0 Å². The Labute approximate surface area is 125 Å². The lowest BCUT2D eigenvalue weighted by Gasteiger charge is -2.23. The molecule has 0 aliphatic carbocycles. The second kappa shape index (κ2) is 6.47. The molecule has 6 heteroatoms. The summed E-state index contributed by atoms with van der Waals surface area (Å²) in [5, 5.41) is 0. The van der Waals surface area contributed by atoms with Crippen molar-refractivity contribution in [2.75, 3.05) is 25.2 Å². The standard InChI is InChI=1S/C15H21NO4S/c1-3-12-6-4-5-7-14(12)20-10-15(17)16(2)13-8-9-21(18,19)11-13/h4-7,13H,3,8-11H2,1-2H3/t13-/m1/s1. The Bertz CT molecular complexity index is 612. The Morgan fingerprint density at radius 2 is 2.10 bits per heavy atom. The van der Waals surface area contributed by atoms with E-state index < -0.39 is 9.84 Å². The molecule has 1 fully saturated rings. The molecule has 2 rings (SSSR count). The number of carbonyl (C=O) groups is 1. The predicted octanol–water partition coefficient (Wildman–Crippen LogP) is 1.27. The Hall–Kier alpha value is -1.56. The molecule has 0 bridgehead atoms. The molecule has 1 aliphatic rings. The molecule has 0 saturated carbocycles. The summed E-state index contributed by atoms with van der Waals surface area (Å²) in [5.41, 5.74) is 1.05. The van der Waals surface area contributed by atoms with Crippen molar-refractivity contribution in [2.45, 2.75) is 25.8 Å². The summed E-state index contributed by atoms with van der Waals surface area (Å²) in [5.74, 6) is 0.735. The first-order valence-electron chi connectivity index (χ1n) is 7.09. The molecular weight excluding hydrogens is 290 g/mol. The van der Waals surface area contributed by atoms with Gasteiger partial charge in [0, 0.05) is 13.1 Å². The Morgan fingerprint density at radius 1 is 1.38 bits per heavy atom. The van der Waals surface area contributed by atoms with Gasteiger partial charge in [0.25, 0.3) is 5.91 Å². The van der Waals surface area contributed by atoms with Crippen LogP contribution in [0.5, 0.6) is 5.75 Å². The van der Waals surface area contributed by atoms with Gasteiger partial charge in [-0.15, -0.1) is 0 Å². The number of nitrogens with zero attached hydrogens (tertiary/aromatic N) is 1. The summed E-state index contributed by atoms with van der Waals surface area (Å²) < 4.78 is 28.5. The number of aryl methyl sites for hydroxylation is 1. The number of rotatable bonds is 5. The van der Waals surface area contributed by atoms with Crippen LogP contribution >= 0.6 is 0 Å². The number of amides is 1. The van der Waals surface area contributed by atoms with Gasteiger partial charge in [-0.1, -0.05) is 25.1 Å². The summed E-state index contributed by atoms with van der Waals surface area (Å²) >= 11 is 0. The van der Waals surface area contributed by atoms with E-state index in [9.17, 15) is 13.2 Å². The van der Waals surface area contributed by atoms with Gasteiger partial charge in [0.2, 0.25) is 0 Å². The Balaban J connectivity index is 1.93. The first kappa shape index (κ1) is 15.8. The Morgan fingerprint density at radius 3 is 2.71 bits per heavy atom. The first-order valence-corrected chi connectivity index (χ1v) is 8.92. The summed E-state index contributed by atoms with van der Waals surface area (Å²) in [6.07, 6.45) is 1.34. The van der Waals surface area contributed by atoms with Crippen LogP contribution in [0.25, 0.3) is 0 Å². The third-order valence-electron chi connectivity index (χ3n) is 3.85. The van der Waals surface area contributed by atoms with Gasteiger partial charge in [-0.25, -0.2) is 8.42 Å². The number of carbonyl (C=O) groups excluding carboxylic acids is 1. The SMILES string of the molecule is CCc1ccccc1OCC(=O)N(C)[C@@H]1CCS(=O)(=O)C1. The van der Waals surface area contributed by atoms with Gasteiger partial charge in [0.05, 0.1) is 11.5 Å². The average Bonchev–Trinajstić information content (AvgIpc) is 2.84. The van der Waals surface area contributed by atoms with Crippen molar-refractivity contribution in [1.82, 2.24) is 4.90 Å². The van der Waals surface area contributed by atoms with Crippen molar-refractivity contribution >= 4 is 15.7 Å². The van der Waals surface area contributed by atoms with Gasteiger partial charge in [-0.2, -0.15) is 0 Å². The minimum absolute atomic E-state index is 0.0563. The fraction of sp³-hybridized carbons (Fsp3) is 0.533. The minimum atomic E-state index is -2.99. The minimum Gasteiger partial charge on any atom is -0.483 e. The molecule has 0 unspecified atom stereocenters. The molecule has 5 nitrogen and oxygen atoms in total. The normalized spacial score (nSPS) is 20.2. The maximum absolute atomic E-state index is 12.1. The lowest BCUT2D eigenvalue weighted by molar-refractivity contribution is -0.133. The average molecular weight is 311 g/mol. The molecule has 0 spiro atoms.